The number of oxazole rings is 1. The number of aromatic carboxylic acids is 1. The predicted octanol–water partition coefficient (Wildman–Crippen LogP) is 3.99. The van der Waals surface area contributed by atoms with Crippen LogP contribution < -0.4 is 0 Å². The van der Waals surface area contributed by atoms with Crippen molar-refractivity contribution in [1.29, 1.82) is 0 Å². The molecule has 0 fully saturated rings. The lowest BCUT2D eigenvalue weighted by atomic mass is 9.91. The lowest BCUT2D eigenvalue weighted by Gasteiger charge is -2.14. The summed E-state index contributed by atoms with van der Waals surface area (Å²) in [4.78, 5) is 15.5. The maximum absolute atomic E-state index is 11.2. The molecule has 0 amide bonds. The minimum atomic E-state index is -1.11. The van der Waals surface area contributed by atoms with Gasteiger partial charge in [0.2, 0.25) is 11.7 Å². The van der Waals surface area contributed by atoms with Gasteiger partial charge in [0.05, 0.1) is 0 Å². The lowest BCUT2D eigenvalue weighted by Crippen LogP contribution is -2.16. The fourth-order valence-electron chi connectivity index (χ4n) is 1.69. The molecule has 0 saturated heterocycles. The van der Waals surface area contributed by atoms with E-state index < -0.39 is 11.4 Å². The van der Waals surface area contributed by atoms with Crippen LogP contribution in [0.1, 0.15) is 37.0 Å². The summed E-state index contributed by atoms with van der Waals surface area (Å²) >= 11 is 5.81. The highest BCUT2D eigenvalue weighted by Gasteiger charge is 2.29. The molecular weight excluding hydrogens is 266 g/mol. The van der Waals surface area contributed by atoms with E-state index in [2.05, 4.69) is 4.98 Å². The van der Waals surface area contributed by atoms with Crippen LogP contribution in [0.3, 0.4) is 0 Å². The summed E-state index contributed by atoms with van der Waals surface area (Å²) in [5.74, 6) is -0.936. The Morgan fingerprint density at radius 1 is 1.26 bits per heavy atom. The van der Waals surface area contributed by atoms with Crippen LogP contribution in [0.4, 0.5) is 0 Å². The summed E-state index contributed by atoms with van der Waals surface area (Å²) in [5.41, 5.74) is 0.731. The molecule has 0 unspecified atom stereocenters. The van der Waals surface area contributed by atoms with Gasteiger partial charge in [0.1, 0.15) is 5.69 Å². The second kappa shape index (κ2) is 4.70. The molecule has 5 heteroatoms. The Morgan fingerprint density at radius 2 is 1.84 bits per heavy atom. The lowest BCUT2D eigenvalue weighted by molar-refractivity contribution is 0.0659. The molecule has 0 spiro atoms. The SMILES string of the molecule is CC(C)(C)c1nc(-c2ccc(Cl)cc2)oc1C(=O)O. The van der Waals surface area contributed by atoms with Gasteiger partial charge in [-0.3, -0.25) is 0 Å². The Hall–Kier alpha value is -1.81. The molecule has 100 valence electrons. The van der Waals surface area contributed by atoms with E-state index in [1.54, 1.807) is 24.3 Å². The van der Waals surface area contributed by atoms with E-state index in [1.165, 1.54) is 0 Å². The molecule has 2 aromatic rings. The maximum Gasteiger partial charge on any atom is 0.373 e. The predicted molar refractivity (Wildman–Crippen MR) is 72.6 cm³/mol. The van der Waals surface area contributed by atoms with Gasteiger partial charge in [-0.25, -0.2) is 9.78 Å². The molecule has 0 saturated carbocycles. The van der Waals surface area contributed by atoms with Crippen LogP contribution in [0.15, 0.2) is 28.7 Å². The van der Waals surface area contributed by atoms with Gasteiger partial charge in [0.15, 0.2) is 0 Å². The summed E-state index contributed by atoms with van der Waals surface area (Å²) in [6.07, 6.45) is 0. The summed E-state index contributed by atoms with van der Waals surface area (Å²) < 4.78 is 5.37. The minimum Gasteiger partial charge on any atom is -0.475 e. The normalized spacial score (nSPS) is 11.6. The van der Waals surface area contributed by atoms with Crippen molar-refractivity contribution in [3.8, 4) is 11.5 Å². The Bertz CT molecular complexity index is 609. The molecule has 1 aromatic carbocycles. The van der Waals surface area contributed by atoms with E-state index in [0.717, 1.165) is 0 Å². The largest absolute Gasteiger partial charge is 0.475 e. The molecule has 0 aliphatic rings. The molecule has 1 N–H and O–H groups in total. The molecule has 19 heavy (non-hydrogen) atoms. The van der Waals surface area contributed by atoms with Crippen LogP contribution in [-0.2, 0) is 5.41 Å². The Morgan fingerprint density at radius 3 is 2.26 bits per heavy atom. The zero-order valence-corrected chi connectivity index (χ0v) is 11.7. The quantitative estimate of drug-likeness (QED) is 0.903. The van der Waals surface area contributed by atoms with E-state index >= 15 is 0 Å². The standard InChI is InChI=1S/C14H14ClNO3/c1-14(2,3)11-10(13(17)18)19-12(16-11)8-4-6-9(15)7-5-8/h4-7H,1-3H3,(H,17,18). The smallest absolute Gasteiger partial charge is 0.373 e. The third-order valence-electron chi connectivity index (χ3n) is 2.62. The van der Waals surface area contributed by atoms with Crippen LogP contribution in [0.2, 0.25) is 5.02 Å². The number of benzene rings is 1. The number of nitrogens with zero attached hydrogens (tertiary/aromatic N) is 1. The van der Waals surface area contributed by atoms with Gasteiger partial charge in [-0.15, -0.1) is 0 Å². The molecule has 2 rings (SSSR count). The molecule has 1 aromatic heterocycles. The van der Waals surface area contributed by atoms with E-state index in [9.17, 15) is 9.90 Å². The van der Waals surface area contributed by atoms with Crippen molar-refractivity contribution in [2.75, 3.05) is 0 Å². The molecule has 0 atom stereocenters. The summed E-state index contributed by atoms with van der Waals surface area (Å²) in [5, 5.41) is 9.78. The van der Waals surface area contributed by atoms with Crippen LogP contribution in [0.25, 0.3) is 11.5 Å². The van der Waals surface area contributed by atoms with Crippen molar-refractivity contribution < 1.29 is 14.3 Å². The Balaban J connectivity index is 2.55. The first-order valence-electron chi connectivity index (χ1n) is 5.79. The number of hydrogen-bond acceptors (Lipinski definition) is 3. The number of rotatable bonds is 2. The number of aromatic nitrogens is 1. The van der Waals surface area contributed by atoms with Crippen molar-refractivity contribution in [2.45, 2.75) is 26.2 Å². The zero-order chi connectivity index (χ0) is 14.2. The van der Waals surface area contributed by atoms with Crippen molar-refractivity contribution in [1.82, 2.24) is 4.98 Å². The summed E-state index contributed by atoms with van der Waals surface area (Å²) in [6, 6.07) is 6.90. The topological polar surface area (TPSA) is 63.3 Å². The molecule has 0 aliphatic carbocycles. The number of carboxylic acid groups (broad SMARTS) is 1. The fraction of sp³-hybridized carbons (Fsp3) is 0.286. The number of carboxylic acids is 1. The fourth-order valence-corrected chi connectivity index (χ4v) is 1.82. The maximum atomic E-state index is 11.2. The molecule has 0 radical (unpaired) electrons. The van der Waals surface area contributed by atoms with Crippen LogP contribution >= 0.6 is 11.6 Å². The average molecular weight is 280 g/mol. The Labute approximate surface area is 116 Å². The van der Waals surface area contributed by atoms with Crippen LogP contribution in [0.5, 0.6) is 0 Å². The highest BCUT2D eigenvalue weighted by molar-refractivity contribution is 6.30. The minimum absolute atomic E-state index is 0.113. The van der Waals surface area contributed by atoms with E-state index in [-0.39, 0.29) is 5.76 Å². The average Bonchev–Trinajstić information content (AvgIpc) is 2.74. The van der Waals surface area contributed by atoms with Gasteiger partial charge in [0, 0.05) is 16.0 Å². The van der Waals surface area contributed by atoms with Crippen LogP contribution in [-0.4, -0.2) is 16.1 Å². The van der Waals surface area contributed by atoms with Gasteiger partial charge in [-0.1, -0.05) is 32.4 Å². The molecular formula is C14H14ClNO3. The number of halogens is 1. The van der Waals surface area contributed by atoms with Crippen molar-refractivity contribution in [2.24, 2.45) is 0 Å². The first-order chi connectivity index (χ1) is 8.79. The second-order valence-electron chi connectivity index (χ2n) is 5.26. The van der Waals surface area contributed by atoms with Gasteiger partial charge < -0.3 is 9.52 Å². The van der Waals surface area contributed by atoms with Gasteiger partial charge in [0.25, 0.3) is 0 Å². The highest BCUT2D eigenvalue weighted by Crippen LogP contribution is 2.30. The monoisotopic (exact) mass is 279 g/mol. The molecule has 0 bridgehead atoms. The van der Waals surface area contributed by atoms with Crippen molar-refractivity contribution in [3.63, 3.8) is 0 Å². The summed E-state index contributed by atoms with van der Waals surface area (Å²) in [6.45, 7) is 5.68. The van der Waals surface area contributed by atoms with E-state index in [0.29, 0.717) is 22.2 Å². The molecule has 1 heterocycles. The van der Waals surface area contributed by atoms with E-state index in [4.69, 9.17) is 16.0 Å². The third kappa shape index (κ3) is 2.79. The van der Waals surface area contributed by atoms with Gasteiger partial charge in [-0.05, 0) is 24.3 Å². The van der Waals surface area contributed by atoms with E-state index in [1.807, 2.05) is 20.8 Å². The first-order valence-corrected chi connectivity index (χ1v) is 6.17. The van der Waals surface area contributed by atoms with Gasteiger partial charge in [-0.2, -0.15) is 0 Å². The number of carbonyl (C=O) groups is 1. The summed E-state index contributed by atoms with van der Waals surface area (Å²) in [7, 11) is 0. The van der Waals surface area contributed by atoms with Crippen molar-refractivity contribution >= 4 is 17.6 Å². The van der Waals surface area contributed by atoms with Crippen LogP contribution in [0, 0.1) is 0 Å². The second-order valence-corrected chi connectivity index (χ2v) is 5.70. The number of hydrogen-bond donors (Lipinski definition) is 1. The zero-order valence-electron chi connectivity index (χ0n) is 10.9. The third-order valence-corrected chi connectivity index (χ3v) is 2.87. The van der Waals surface area contributed by atoms with Crippen molar-refractivity contribution in [3.05, 3.63) is 40.7 Å². The molecule has 4 nitrogen and oxygen atoms in total. The first kappa shape index (κ1) is 13.6. The molecule has 0 aliphatic heterocycles. The Kier molecular flexibility index (Phi) is 3.37. The highest BCUT2D eigenvalue weighted by atomic mass is 35.5. The van der Waals surface area contributed by atoms with Gasteiger partial charge >= 0.3 is 5.97 Å².